The molecule has 0 radical (unpaired) electrons. The molecular weight excluding hydrogens is 232 g/mol. The van der Waals surface area contributed by atoms with Gasteiger partial charge in [0.1, 0.15) is 0 Å². The van der Waals surface area contributed by atoms with Crippen LogP contribution >= 0.6 is 0 Å². The van der Waals surface area contributed by atoms with Gasteiger partial charge in [-0.1, -0.05) is 24.3 Å². The van der Waals surface area contributed by atoms with Crippen LogP contribution in [-0.2, 0) is 11.2 Å². The lowest BCUT2D eigenvalue weighted by atomic mass is 10.1. The third-order valence-electron chi connectivity index (χ3n) is 2.62. The van der Waals surface area contributed by atoms with E-state index in [9.17, 15) is 9.59 Å². The summed E-state index contributed by atoms with van der Waals surface area (Å²) in [7, 11) is 1.66. The monoisotopic (exact) mass is 246 g/mol. The van der Waals surface area contributed by atoms with E-state index in [-0.39, 0.29) is 0 Å². The summed E-state index contributed by atoms with van der Waals surface area (Å²) >= 11 is 0. The minimum absolute atomic E-state index is 0.405. The number of benzene rings is 1. The van der Waals surface area contributed by atoms with Gasteiger partial charge in [-0.15, -0.1) is 0 Å². The fraction of sp³-hybridized carbons (Fsp3) is 0.231. The molecule has 2 aromatic rings. The summed E-state index contributed by atoms with van der Waals surface area (Å²) in [5.74, 6) is 0. The summed E-state index contributed by atoms with van der Waals surface area (Å²) in [5, 5.41) is 0. The lowest BCUT2D eigenvalue weighted by Gasteiger charge is -2.03. The average Bonchev–Trinajstić information content (AvgIpc) is 2.36. The number of hydrogen-bond donors (Lipinski definition) is 2. The smallest absolute Gasteiger partial charge is 0.326 e. The van der Waals surface area contributed by atoms with E-state index in [0.717, 1.165) is 17.5 Å². The Balaban J connectivity index is 2.28. The van der Waals surface area contributed by atoms with Crippen LogP contribution in [0.4, 0.5) is 0 Å². The first kappa shape index (κ1) is 12.3. The van der Waals surface area contributed by atoms with E-state index in [2.05, 4.69) is 9.97 Å². The molecule has 5 nitrogen and oxygen atoms in total. The molecule has 5 heteroatoms. The van der Waals surface area contributed by atoms with Crippen molar-refractivity contribution < 1.29 is 4.74 Å². The van der Waals surface area contributed by atoms with Crippen molar-refractivity contribution in [2.75, 3.05) is 13.7 Å². The first-order chi connectivity index (χ1) is 8.69. The molecule has 2 rings (SSSR count). The largest absolute Gasteiger partial charge is 0.384 e. The molecule has 0 unspecified atom stereocenters. The van der Waals surface area contributed by atoms with Crippen LogP contribution in [0.1, 0.15) is 5.56 Å². The maximum Gasteiger partial charge on any atom is 0.326 e. The summed E-state index contributed by atoms with van der Waals surface area (Å²) < 4.78 is 5.00. The van der Waals surface area contributed by atoms with Crippen molar-refractivity contribution in [2.24, 2.45) is 0 Å². The molecule has 1 aromatic carbocycles. The van der Waals surface area contributed by atoms with Gasteiger partial charge in [-0.2, -0.15) is 0 Å². The van der Waals surface area contributed by atoms with Crippen molar-refractivity contribution in [2.45, 2.75) is 6.42 Å². The summed E-state index contributed by atoms with van der Waals surface area (Å²) in [6.07, 6.45) is 0.836. The molecule has 0 bridgehead atoms. The highest BCUT2D eigenvalue weighted by Crippen LogP contribution is 2.15. The topological polar surface area (TPSA) is 75.0 Å². The zero-order valence-electron chi connectivity index (χ0n) is 10.0. The van der Waals surface area contributed by atoms with Crippen LogP contribution < -0.4 is 11.2 Å². The van der Waals surface area contributed by atoms with Crippen LogP contribution in [0.5, 0.6) is 0 Å². The number of ether oxygens (including phenoxy) is 1. The highest BCUT2D eigenvalue weighted by Gasteiger charge is 2.01. The molecule has 0 saturated heterocycles. The molecule has 0 spiro atoms. The maximum absolute atomic E-state index is 11.2. The summed E-state index contributed by atoms with van der Waals surface area (Å²) in [4.78, 5) is 27.1. The van der Waals surface area contributed by atoms with Crippen molar-refractivity contribution in [1.82, 2.24) is 9.97 Å². The standard InChI is InChI=1S/C13H14N2O3/c1-18-7-6-9-2-4-10(5-3-9)11-8-12(16)15-13(17)14-11/h2-5,8H,6-7H2,1H3,(H2,14,15,16,17). The molecule has 0 amide bonds. The Kier molecular flexibility index (Phi) is 3.74. The summed E-state index contributed by atoms with van der Waals surface area (Å²) in [5.41, 5.74) is 1.56. The number of nitrogens with one attached hydrogen (secondary N) is 2. The van der Waals surface area contributed by atoms with E-state index < -0.39 is 11.2 Å². The normalized spacial score (nSPS) is 10.5. The molecule has 18 heavy (non-hydrogen) atoms. The molecule has 0 atom stereocenters. The lowest BCUT2D eigenvalue weighted by Crippen LogP contribution is -2.21. The Hall–Kier alpha value is -2.14. The van der Waals surface area contributed by atoms with E-state index in [0.29, 0.717) is 12.3 Å². The van der Waals surface area contributed by atoms with Crippen LogP contribution in [0, 0.1) is 0 Å². The third-order valence-corrected chi connectivity index (χ3v) is 2.62. The molecule has 1 aromatic heterocycles. The van der Waals surface area contributed by atoms with Gasteiger partial charge in [-0.05, 0) is 17.5 Å². The van der Waals surface area contributed by atoms with Crippen LogP contribution in [0.3, 0.4) is 0 Å². The molecule has 0 aliphatic heterocycles. The first-order valence-electron chi connectivity index (χ1n) is 5.61. The van der Waals surface area contributed by atoms with Crippen LogP contribution in [-0.4, -0.2) is 23.7 Å². The number of aromatic amines is 2. The van der Waals surface area contributed by atoms with Gasteiger partial charge in [-0.25, -0.2) is 4.79 Å². The number of H-pyrrole nitrogens is 2. The van der Waals surface area contributed by atoms with Crippen molar-refractivity contribution >= 4 is 0 Å². The number of hydrogen-bond acceptors (Lipinski definition) is 3. The quantitative estimate of drug-likeness (QED) is 0.842. The molecule has 1 heterocycles. The Morgan fingerprint density at radius 2 is 1.83 bits per heavy atom. The van der Waals surface area contributed by atoms with E-state index in [1.165, 1.54) is 6.07 Å². The number of aromatic nitrogens is 2. The fourth-order valence-corrected chi connectivity index (χ4v) is 1.70. The second-order valence-corrected chi connectivity index (χ2v) is 3.94. The molecular formula is C13H14N2O3. The summed E-state index contributed by atoms with van der Waals surface area (Å²) in [6, 6.07) is 9.01. The minimum atomic E-state index is -0.499. The average molecular weight is 246 g/mol. The summed E-state index contributed by atoms with van der Waals surface area (Å²) in [6.45, 7) is 0.668. The zero-order valence-corrected chi connectivity index (χ0v) is 10.0. The van der Waals surface area contributed by atoms with Crippen LogP contribution in [0.25, 0.3) is 11.3 Å². The van der Waals surface area contributed by atoms with Crippen molar-refractivity contribution in [1.29, 1.82) is 0 Å². The Morgan fingerprint density at radius 1 is 1.11 bits per heavy atom. The van der Waals surface area contributed by atoms with Crippen molar-refractivity contribution in [3.63, 3.8) is 0 Å². The Bertz CT molecular complexity index is 597. The van der Waals surface area contributed by atoms with Crippen molar-refractivity contribution in [3.8, 4) is 11.3 Å². The highest BCUT2D eigenvalue weighted by atomic mass is 16.5. The van der Waals surface area contributed by atoms with Crippen LogP contribution in [0.2, 0.25) is 0 Å². The second-order valence-electron chi connectivity index (χ2n) is 3.94. The number of methoxy groups -OCH3 is 1. The van der Waals surface area contributed by atoms with E-state index in [4.69, 9.17) is 4.74 Å². The van der Waals surface area contributed by atoms with Crippen molar-refractivity contribution in [3.05, 3.63) is 56.7 Å². The Labute approximate surface area is 103 Å². The third kappa shape index (κ3) is 2.95. The van der Waals surface area contributed by atoms with Gasteiger partial charge in [0.2, 0.25) is 0 Å². The minimum Gasteiger partial charge on any atom is -0.384 e. The van der Waals surface area contributed by atoms with E-state index in [1.54, 1.807) is 7.11 Å². The molecule has 0 fully saturated rings. The SMILES string of the molecule is COCCc1ccc(-c2cc(=O)[nH]c(=O)[nH]2)cc1. The van der Waals surface area contributed by atoms with E-state index >= 15 is 0 Å². The zero-order chi connectivity index (χ0) is 13.0. The van der Waals surface area contributed by atoms with Gasteiger partial charge in [0.25, 0.3) is 5.56 Å². The van der Waals surface area contributed by atoms with Crippen LogP contribution in [0.15, 0.2) is 39.9 Å². The maximum atomic E-state index is 11.2. The molecule has 2 N–H and O–H groups in total. The first-order valence-corrected chi connectivity index (χ1v) is 5.61. The Morgan fingerprint density at radius 3 is 2.44 bits per heavy atom. The van der Waals surface area contributed by atoms with Gasteiger partial charge in [0.15, 0.2) is 0 Å². The molecule has 0 aliphatic rings. The molecule has 0 saturated carbocycles. The van der Waals surface area contributed by atoms with Gasteiger partial charge >= 0.3 is 5.69 Å². The fourth-order valence-electron chi connectivity index (χ4n) is 1.70. The molecule has 0 aliphatic carbocycles. The lowest BCUT2D eigenvalue weighted by molar-refractivity contribution is 0.202. The van der Waals surface area contributed by atoms with Gasteiger partial charge in [0, 0.05) is 13.2 Å². The predicted molar refractivity (Wildman–Crippen MR) is 68.7 cm³/mol. The van der Waals surface area contributed by atoms with Gasteiger partial charge < -0.3 is 9.72 Å². The number of rotatable bonds is 4. The van der Waals surface area contributed by atoms with Gasteiger partial charge in [0.05, 0.1) is 12.3 Å². The van der Waals surface area contributed by atoms with Gasteiger partial charge in [-0.3, -0.25) is 9.78 Å². The highest BCUT2D eigenvalue weighted by molar-refractivity contribution is 5.58. The predicted octanol–water partition coefficient (Wildman–Crippen LogP) is 0.919. The second kappa shape index (κ2) is 5.46. The van der Waals surface area contributed by atoms with E-state index in [1.807, 2.05) is 24.3 Å². The molecule has 94 valence electrons.